The van der Waals surface area contributed by atoms with Crippen LogP contribution in [0.25, 0.3) is 0 Å². The molecule has 134 valence electrons. The summed E-state index contributed by atoms with van der Waals surface area (Å²) in [5.41, 5.74) is 0.950. The second-order valence-electron chi connectivity index (χ2n) is 6.74. The van der Waals surface area contributed by atoms with Crippen LogP contribution in [0, 0.1) is 5.82 Å². The van der Waals surface area contributed by atoms with Crippen molar-refractivity contribution in [3.63, 3.8) is 0 Å². The highest BCUT2D eigenvalue weighted by Gasteiger charge is 2.29. The van der Waals surface area contributed by atoms with Crippen LogP contribution in [-0.2, 0) is 4.74 Å². The Morgan fingerprint density at radius 1 is 1.33 bits per heavy atom. The van der Waals surface area contributed by atoms with Gasteiger partial charge in [-0.2, -0.15) is 0 Å². The molecule has 2 N–H and O–H groups in total. The summed E-state index contributed by atoms with van der Waals surface area (Å²) in [6, 6.07) is 6.77. The first kappa shape index (κ1) is 18.7. The van der Waals surface area contributed by atoms with Gasteiger partial charge in [0.15, 0.2) is 5.96 Å². The lowest BCUT2D eigenvalue weighted by Crippen LogP contribution is -2.47. The average Bonchev–Trinajstić information content (AvgIpc) is 2.99. The molecule has 2 unspecified atom stereocenters. The van der Waals surface area contributed by atoms with Gasteiger partial charge < -0.3 is 20.3 Å². The van der Waals surface area contributed by atoms with Crippen LogP contribution in [0.1, 0.15) is 31.4 Å². The summed E-state index contributed by atoms with van der Waals surface area (Å²) in [6.45, 7) is 4.37. The lowest BCUT2D eigenvalue weighted by Gasteiger charge is -2.28. The third-order valence-electron chi connectivity index (χ3n) is 4.49. The van der Waals surface area contributed by atoms with Gasteiger partial charge in [-0.3, -0.25) is 4.99 Å². The van der Waals surface area contributed by atoms with Gasteiger partial charge in [-0.15, -0.1) is 0 Å². The van der Waals surface area contributed by atoms with Crippen molar-refractivity contribution in [1.82, 2.24) is 15.5 Å². The van der Waals surface area contributed by atoms with Crippen LogP contribution < -0.4 is 10.6 Å². The zero-order valence-corrected chi connectivity index (χ0v) is 15.1. The van der Waals surface area contributed by atoms with E-state index in [0.29, 0.717) is 6.54 Å². The predicted octanol–water partition coefficient (Wildman–Crippen LogP) is 2.16. The maximum atomic E-state index is 13.1. The van der Waals surface area contributed by atoms with Crippen LogP contribution in [0.5, 0.6) is 0 Å². The Hall–Kier alpha value is -1.66. The van der Waals surface area contributed by atoms with Crippen LogP contribution >= 0.6 is 0 Å². The van der Waals surface area contributed by atoms with Gasteiger partial charge in [0.05, 0.1) is 11.6 Å². The van der Waals surface area contributed by atoms with Gasteiger partial charge in [0.1, 0.15) is 5.82 Å². The van der Waals surface area contributed by atoms with E-state index in [-0.39, 0.29) is 17.5 Å². The highest BCUT2D eigenvalue weighted by Crippen LogP contribution is 2.23. The fraction of sp³-hybridized carbons (Fsp3) is 0.611. The topological polar surface area (TPSA) is 48.9 Å². The average molecular weight is 336 g/mol. The van der Waals surface area contributed by atoms with Crippen molar-refractivity contribution in [3.05, 3.63) is 35.6 Å². The zero-order chi connectivity index (χ0) is 17.6. The maximum absolute atomic E-state index is 13.1. The summed E-state index contributed by atoms with van der Waals surface area (Å²) in [5.74, 6) is 0.534. The van der Waals surface area contributed by atoms with E-state index in [0.717, 1.165) is 37.5 Å². The van der Waals surface area contributed by atoms with Crippen molar-refractivity contribution in [3.8, 4) is 0 Å². The Bertz CT molecular complexity index is 538. The highest BCUT2D eigenvalue weighted by atomic mass is 19.1. The van der Waals surface area contributed by atoms with E-state index < -0.39 is 0 Å². The van der Waals surface area contributed by atoms with Gasteiger partial charge >= 0.3 is 0 Å². The molecule has 1 fully saturated rings. The molecule has 0 bridgehead atoms. The molecule has 2 atom stereocenters. The number of hydrogen-bond acceptors (Lipinski definition) is 3. The van der Waals surface area contributed by atoms with Crippen molar-refractivity contribution in [2.75, 3.05) is 40.8 Å². The van der Waals surface area contributed by atoms with E-state index in [2.05, 4.69) is 27.4 Å². The number of ether oxygens (including phenoxy) is 1. The second-order valence-corrected chi connectivity index (χ2v) is 6.74. The van der Waals surface area contributed by atoms with Gasteiger partial charge in [0.25, 0.3) is 0 Å². The van der Waals surface area contributed by atoms with Crippen molar-refractivity contribution in [1.29, 1.82) is 0 Å². The molecular weight excluding hydrogens is 307 g/mol. The van der Waals surface area contributed by atoms with Crippen molar-refractivity contribution >= 4 is 5.96 Å². The fourth-order valence-electron chi connectivity index (χ4n) is 2.94. The number of benzene rings is 1. The number of rotatable bonds is 6. The van der Waals surface area contributed by atoms with E-state index >= 15 is 0 Å². The molecule has 1 aliphatic rings. The number of likely N-dealkylation sites (N-methyl/N-ethyl adjacent to an activating group) is 1. The Balaban J connectivity index is 1.90. The molecule has 0 radical (unpaired) electrons. The number of guanidine groups is 1. The zero-order valence-electron chi connectivity index (χ0n) is 15.1. The molecule has 24 heavy (non-hydrogen) atoms. The minimum absolute atomic E-state index is 0.116. The number of aliphatic imine (C=N–C) groups is 1. The van der Waals surface area contributed by atoms with Crippen LogP contribution in [-0.4, -0.2) is 57.3 Å². The van der Waals surface area contributed by atoms with Crippen molar-refractivity contribution in [2.45, 2.75) is 31.4 Å². The number of nitrogens with one attached hydrogen (secondary N) is 2. The van der Waals surface area contributed by atoms with E-state index in [1.165, 1.54) is 12.1 Å². The standard InChI is InChI=1S/C18H29FN4O/c1-18(10-5-11-24-18)13-22-17(20-2)21-12-16(23(3)4)14-6-8-15(19)9-7-14/h6-9,16H,5,10-13H2,1-4H3,(H2,20,21,22). The summed E-state index contributed by atoms with van der Waals surface area (Å²) >= 11 is 0. The molecule has 1 saturated heterocycles. The SMILES string of the molecule is CN=C(NCC(c1ccc(F)cc1)N(C)C)NCC1(C)CCCO1. The first-order chi connectivity index (χ1) is 11.4. The predicted molar refractivity (Wildman–Crippen MR) is 95.8 cm³/mol. The molecule has 0 saturated carbocycles. The minimum Gasteiger partial charge on any atom is -0.373 e. The highest BCUT2D eigenvalue weighted by molar-refractivity contribution is 5.79. The number of hydrogen-bond donors (Lipinski definition) is 2. The molecule has 0 aliphatic carbocycles. The van der Waals surface area contributed by atoms with Crippen LogP contribution in [0.3, 0.4) is 0 Å². The van der Waals surface area contributed by atoms with Gasteiger partial charge in [0.2, 0.25) is 0 Å². The number of nitrogens with zero attached hydrogens (tertiary/aromatic N) is 2. The summed E-state index contributed by atoms with van der Waals surface area (Å²) < 4.78 is 18.9. The van der Waals surface area contributed by atoms with Crippen LogP contribution in [0.2, 0.25) is 0 Å². The summed E-state index contributed by atoms with van der Waals surface area (Å²) in [7, 11) is 5.79. The quantitative estimate of drug-likeness (QED) is 0.617. The molecule has 1 heterocycles. The molecule has 1 aliphatic heterocycles. The van der Waals surface area contributed by atoms with Gasteiger partial charge in [-0.05, 0) is 51.6 Å². The van der Waals surface area contributed by atoms with Crippen molar-refractivity contribution < 1.29 is 9.13 Å². The van der Waals surface area contributed by atoms with Crippen LogP contribution in [0.4, 0.5) is 4.39 Å². The van der Waals surface area contributed by atoms with E-state index in [1.807, 2.05) is 26.2 Å². The molecule has 1 aromatic rings. The van der Waals surface area contributed by atoms with E-state index in [4.69, 9.17) is 4.74 Å². The summed E-state index contributed by atoms with van der Waals surface area (Å²) in [4.78, 5) is 6.39. The Morgan fingerprint density at radius 3 is 2.58 bits per heavy atom. The first-order valence-electron chi connectivity index (χ1n) is 8.44. The van der Waals surface area contributed by atoms with E-state index in [9.17, 15) is 4.39 Å². The number of halogens is 1. The molecular formula is C18H29FN4O. The largest absolute Gasteiger partial charge is 0.373 e. The lowest BCUT2D eigenvalue weighted by atomic mass is 10.0. The molecule has 0 spiro atoms. The van der Waals surface area contributed by atoms with E-state index in [1.54, 1.807) is 7.05 Å². The van der Waals surface area contributed by atoms with Gasteiger partial charge in [0, 0.05) is 26.7 Å². The molecule has 1 aromatic carbocycles. The summed E-state index contributed by atoms with van der Waals surface area (Å²) in [6.07, 6.45) is 2.17. The van der Waals surface area contributed by atoms with Crippen LogP contribution in [0.15, 0.2) is 29.3 Å². The Kier molecular flexibility index (Phi) is 6.57. The first-order valence-corrected chi connectivity index (χ1v) is 8.44. The molecule has 0 amide bonds. The monoisotopic (exact) mass is 336 g/mol. The smallest absolute Gasteiger partial charge is 0.191 e. The summed E-state index contributed by atoms with van der Waals surface area (Å²) in [5, 5.41) is 6.70. The lowest BCUT2D eigenvalue weighted by molar-refractivity contribution is 0.0242. The van der Waals surface area contributed by atoms with Gasteiger partial charge in [-0.1, -0.05) is 12.1 Å². The van der Waals surface area contributed by atoms with Crippen molar-refractivity contribution in [2.24, 2.45) is 4.99 Å². The second kappa shape index (κ2) is 8.44. The fourth-order valence-corrected chi connectivity index (χ4v) is 2.94. The third kappa shape index (κ3) is 5.18. The minimum atomic E-state index is -0.216. The van der Waals surface area contributed by atoms with Gasteiger partial charge in [-0.25, -0.2) is 4.39 Å². The Labute approximate surface area is 144 Å². The molecule has 2 rings (SSSR count). The normalized spacial score (nSPS) is 22.7. The molecule has 6 heteroatoms. The molecule has 5 nitrogen and oxygen atoms in total. The maximum Gasteiger partial charge on any atom is 0.191 e. The third-order valence-corrected chi connectivity index (χ3v) is 4.49. The Morgan fingerprint density at radius 2 is 2.04 bits per heavy atom. The molecule has 0 aromatic heterocycles.